The zero-order valence-electron chi connectivity index (χ0n) is 16.6. The summed E-state index contributed by atoms with van der Waals surface area (Å²) in [6.45, 7) is 0. The first kappa shape index (κ1) is 21.9. The van der Waals surface area contributed by atoms with Gasteiger partial charge in [-0.2, -0.15) is 10.2 Å². The minimum atomic E-state index is -1.09. The lowest BCUT2D eigenvalue weighted by atomic mass is 10.1. The summed E-state index contributed by atoms with van der Waals surface area (Å²) in [5, 5.41) is 26.2. The molecule has 0 saturated heterocycles. The topological polar surface area (TPSA) is 140 Å². The number of benzene rings is 3. The van der Waals surface area contributed by atoms with E-state index in [4.69, 9.17) is 0 Å². The number of carbonyl (C=O) groups is 3. The van der Waals surface area contributed by atoms with Gasteiger partial charge < -0.3 is 10.2 Å². The zero-order valence-corrected chi connectivity index (χ0v) is 16.6. The van der Waals surface area contributed by atoms with Crippen LogP contribution in [0.15, 0.2) is 83.0 Å². The Kier molecular flexibility index (Phi) is 7.05. The van der Waals surface area contributed by atoms with Crippen LogP contribution in [-0.4, -0.2) is 40.5 Å². The molecule has 0 bridgehead atoms. The van der Waals surface area contributed by atoms with E-state index >= 15 is 0 Å². The third-order valence-electron chi connectivity index (χ3n) is 4.27. The van der Waals surface area contributed by atoms with E-state index in [0.717, 1.165) is 0 Å². The Labute approximate surface area is 182 Å². The molecular weight excluding hydrogens is 412 g/mol. The summed E-state index contributed by atoms with van der Waals surface area (Å²) in [7, 11) is 0. The molecule has 32 heavy (non-hydrogen) atoms. The first-order valence-corrected chi connectivity index (χ1v) is 9.33. The summed E-state index contributed by atoms with van der Waals surface area (Å²) in [6.07, 6.45) is 2.63. The van der Waals surface area contributed by atoms with Crippen molar-refractivity contribution in [3.63, 3.8) is 0 Å². The fourth-order valence-corrected chi connectivity index (χ4v) is 2.74. The molecular formula is C23H18N4O5. The van der Waals surface area contributed by atoms with E-state index in [-0.39, 0.29) is 11.1 Å². The molecule has 0 spiro atoms. The Hall–Kier alpha value is -4.79. The van der Waals surface area contributed by atoms with Crippen LogP contribution < -0.4 is 10.9 Å². The van der Waals surface area contributed by atoms with Crippen molar-refractivity contribution in [2.75, 3.05) is 5.43 Å². The van der Waals surface area contributed by atoms with Gasteiger partial charge in [0.1, 0.15) is 0 Å². The van der Waals surface area contributed by atoms with Gasteiger partial charge in [-0.15, -0.1) is 0 Å². The Balaban J connectivity index is 1.65. The van der Waals surface area contributed by atoms with Gasteiger partial charge in [-0.25, -0.2) is 15.0 Å². The number of nitrogens with zero attached hydrogens (tertiary/aromatic N) is 2. The van der Waals surface area contributed by atoms with Crippen LogP contribution in [0.3, 0.4) is 0 Å². The van der Waals surface area contributed by atoms with Gasteiger partial charge in [-0.1, -0.05) is 42.5 Å². The lowest BCUT2D eigenvalue weighted by Gasteiger charge is -2.05. The number of carboxylic acids is 2. The summed E-state index contributed by atoms with van der Waals surface area (Å²) in [6, 6.07) is 19.1. The molecule has 0 saturated carbocycles. The number of aromatic carboxylic acids is 2. The van der Waals surface area contributed by atoms with Gasteiger partial charge in [0.25, 0.3) is 5.91 Å². The van der Waals surface area contributed by atoms with Gasteiger partial charge in [-0.05, 0) is 30.3 Å². The normalized spacial score (nSPS) is 10.9. The molecule has 0 fully saturated rings. The van der Waals surface area contributed by atoms with Crippen molar-refractivity contribution < 1.29 is 24.6 Å². The van der Waals surface area contributed by atoms with Gasteiger partial charge in [0.05, 0.1) is 29.2 Å². The molecule has 4 N–H and O–H groups in total. The van der Waals surface area contributed by atoms with Crippen LogP contribution in [0.1, 0.15) is 42.2 Å². The van der Waals surface area contributed by atoms with Crippen LogP contribution in [0.2, 0.25) is 0 Å². The number of amides is 1. The molecule has 0 unspecified atom stereocenters. The summed E-state index contributed by atoms with van der Waals surface area (Å²) >= 11 is 0. The minimum absolute atomic E-state index is 0.0685. The van der Waals surface area contributed by atoms with E-state index in [1.807, 2.05) is 0 Å². The number of nitrogens with one attached hydrogen (secondary N) is 2. The highest BCUT2D eigenvalue weighted by atomic mass is 16.4. The summed E-state index contributed by atoms with van der Waals surface area (Å²) < 4.78 is 0. The van der Waals surface area contributed by atoms with Gasteiger partial charge in [0.15, 0.2) is 0 Å². The summed E-state index contributed by atoms with van der Waals surface area (Å²) in [5.41, 5.74) is 6.86. The van der Waals surface area contributed by atoms with Crippen LogP contribution in [-0.2, 0) is 0 Å². The van der Waals surface area contributed by atoms with Gasteiger partial charge in [0.2, 0.25) is 0 Å². The number of anilines is 1. The van der Waals surface area contributed by atoms with Crippen LogP contribution in [0, 0.1) is 0 Å². The maximum absolute atomic E-state index is 12.3. The Bertz CT molecular complexity index is 1220. The van der Waals surface area contributed by atoms with E-state index in [2.05, 4.69) is 21.1 Å². The lowest BCUT2D eigenvalue weighted by molar-refractivity contribution is 0.0686. The molecule has 3 aromatic rings. The molecule has 0 radical (unpaired) electrons. The summed E-state index contributed by atoms with van der Waals surface area (Å²) in [4.78, 5) is 34.8. The quantitative estimate of drug-likeness (QED) is 0.319. The number of hydrazone groups is 2. The second-order valence-electron chi connectivity index (χ2n) is 6.43. The Morgan fingerprint density at radius 3 is 1.88 bits per heavy atom. The van der Waals surface area contributed by atoms with Crippen LogP contribution >= 0.6 is 0 Å². The first-order chi connectivity index (χ1) is 15.5. The molecule has 0 heterocycles. The van der Waals surface area contributed by atoms with Gasteiger partial charge in [-0.3, -0.25) is 10.2 Å². The molecule has 3 rings (SSSR count). The fraction of sp³-hybridized carbons (Fsp3) is 0. The fourth-order valence-electron chi connectivity index (χ4n) is 2.74. The van der Waals surface area contributed by atoms with E-state index in [9.17, 15) is 24.6 Å². The van der Waals surface area contributed by atoms with E-state index < -0.39 is 17.8 Å². The third-order valence-corrected chi connectivity index (χ3v) is 4.27. The molecule has 0 aliphatic carbocycles. The predicted molar refractivity (Wildman–Crippen MR) is 120 cm³/mol. The monoisotopic (exact) mass is 430 g/mol. The smallest absolute Gasteiger partial charge is 0.336 e. The lowest BCUT2D eigenvalue weighted by Crippen LogP contribution is -2.18. The Morgan fingerprint density at radius 2 is 1.28 bits per heavy atom. The van der Waals surface area contributed by atoms with Gasteiger partial charge >= 0.3 is 11.9 Å². The third kappa shape index (κ3) is 5.63. The van der Waals surface area contributed by atoms with Crippen LogP contribution in [0.4, 0.5) is 5.69 Å². The number of carbonyl (C=O) groups excluding carboxylic acids is 1. The minimum Gasteiger partial charge on any atom is -0.478 e. The number of rotatable bonds is 8. The van der Waals surface area contributed by atoms with Crippen molar-refractivity contribution in [2.45, 2.75) is 0 Å². The number of carboxylic acid groups (broad SMARTS) is 2. The van der Waals surface area contributed by atoms with E-state index in [0.29, 0.717) is 22.4 Å². The molecule has 0 aliphatic rings. The summed E-state index contributed by atoms with van der Waals surface area (Å²) in [5.74, 6) is -2.65. The molecule has 160 valence electrons. The van der Waals surface area contributed by atoms with Crippen molar-refractivity contribution in [3.8, 4) is 0 Å². The first-order valence-electron chi connectivity index (χ1n) is 9.33. The molecule has 0 atom stereocenters. The predicted octanol–water partition coefficient (Wildman–Crippen LogP) is 3.29. The molecule has 9 nitrogen and oxygen atoms in total. The average Bonchev–Trinajstić information content (AvgIpc) is 2.79. The highest BCUT2D eigenvalue weighted by Crippen LogP contribution is 2.12. The van der Waals surface area contributed by atoms with Crippen molar-refractivity contribution >= 4 is 36.0 Å². The van der Waals surface area contributed by atoms with Gasteiger partial charge in [0, 0.05) is 16.7 Å². The highest BCUT2D eigenvalue weighted by Gasteiger charge is 2.09. The van der Waals surface area contributed by atoms with E-state index in [1.165, 1.54) is 30.6 Å². The Morgan fingerprint density at radius 1 is 0.719 bits per heavy atom. The largest absolute Gasteiger partial charge is 0.478 e. The van der Waals surface area contributed by atoms with Crippen molar-refractivity contribution in [3.05, 3.63) is 101 Å². The second kappa shape index (κ2) is 10.3. The standard InChI is InChI=1S/C23H18N4O5/c28-21(27-25-14-17-7-2-4-11-20(17)23(31)32)15-8-5-9-18(12-15)26-24-13-16-6-1-3-10-19(16)22(29)30/h1-14,26H,(H,27,28)(H,29,30)(H,31,32)/b24-13-,25-14-. The molecule has 9 heteroatoms. The van der Waals surface area contributed by atoms with Crippen molar-refractivity contribution in [2.24, 2.45) is 10.2 Å². The molecule has 3 aromatic carbocycles. The van der Waals surface area contributed by atoms with Crippen molar-refractivity contribution in [1.29, 1.82) is 0 Å². The number of hydrogen-bond donors (Lipinski definition) is 4. The number of hydrogen-bond acceptors (Lipinski definition) is 6. The van der Waals surface area contributed by atoms with E-state index in [1.54, 1.807) is 54.6 Å². The second-order valence-corrected chi connectivity index (χ2v) is 6.43. The molecule has 0 aliphatic heterocycles. The maximum atomic E-state index is 12.3. The van der Waals surface area contributed by atoms with Crippen LogP contribution in [0.5, 0.6) is 0 Å². The van der Waals surface area contributed by atoms with Crippen LogP contribution in [0.25, 0.3) is 0 Å². The average molecular weight is 430 g/mol. The SMILES string of the molecule is O=C(N/N=C\c1ccccc1C(=O)O)c1cccc(N/N=C\c2ccccc2C(=O)O)c1. The molecule has 0 aromatic heterocycles. The maximum Gasteiger partial charge on any atom is 0.336 e. The van der Waals surface area contributed by atoms with Crippen molar-refractivity contribution in [1.82, 2.24) is 5.43 Å². The highest BCUT2D eigenvalue weighted by molar-refractivity contribution is 6.00. The zero-order chi connectivity index (χ0) is 22.9. The molecule has 1 amide bonds.